The standard InChI is InChI=1S/C24H25N5O/c1-18-3-4-19(2)22(13-18)29-12-11-27(17-24(29)30)16-23-26-9-10-28(23)15-21-7-5-20(14-25)6-8-21/h3-10,13H,11-12,15-17H2,1-2H3. The predicted molar refractivity (Wildman–Crippen MR) is 116 cm³/mol. The van der Waals surface area contributed by atoms with E-state index in [2.05, 4.69) is 45.6 Å². The zero-order valence-corrected chi connectivity index (χ0v) is 17.4. The first-order valence-electron chi connectivity index (χ1n) is 10.1. The van der Waals surface area contributed by atoms with Crippen molar-refractivity contribution in [2.75, 3.05) is 24.5 Å². The number of aromatic nitrogens is 2. The second-order valence-electron chi connectivity index (χ2n) is 7.83. The van der Waals surface area contributed by atoms with Crippen LogP contribution in [-0.2, 0) is 17.9 Å². The number of nitrogens with zero attached hydrogens (tertiary/aromatic N) is 5. The first-order chi connectivity index (χ1) is 14.5. The van der Waals surface area contributed by atoms with Crippen molar-refractivity contribution in [3.05, 3.63) is 82.9 Å². The van der Waals surface area contributed by atoms with Crippen molar-refractivity contribution in [1.82, 2.24) is 14.5 Å². The molecule has 1 aliphatic rings. The number of anilines is 1. The minimum atomic E-state index is 0.125. The Hall–Kier alpha value is -3.43. The van der Waals surface area contributed by atoms with Crippen molar-refractivity contribution in [2.45, 2.75) is 26.9 Å². The fraction of sp³-hybridized carbons (Fsp3) is 0.292. The van der Waals surface area contributed by atoms with Crippen LogP contribution in [0.4, 0.5) is 5.69 Å². The molecule has 3 aromatic rings. The molecule has 0 unspecified atom stereocenters. The van der Waals surface area contributed by atoms with Gasteiger partial charge in [0.15, 0.2) is 0 Å². The third-order valence-corrected chi connectivity index (χ3v) is 5.56. The maximum Gasteiger partial charge on any atom is 0.241 e. The summed E-state index contributed by atoms with van der Waals surface area (Å²) in [6, 6.07) is 16.0. The van der Waals surface area contributed by atoms with Gasteiger partial charge in [0.25, 0.3) is 0 Å². The molecule has 6 nitrogen and oxygen atoms in total. The minimum absolute atomic E-state index is 0.125. The molecule has 4 rings (SSSR count). The highest BCUT2D eigenvalue weighted by Gasteiger charge is 2.26. The fourth-order valence-electron chi connectivity index (χ4n) is 3.84. The van der Waals surface area contributed by atoms with Gasteiger partial charge in [-0.25, -0.2) is 4.98 Å². The summed E-state index contributed by atoms with van der Waals surface area (Å²) in [4.78, 5) is 21.4. The van der Waals surface area contributed by atoms with E-state index in [1.54, 1.807) is 6.20 Å². The molecule has 30 heavy (non-hydrogen) atoms. The largest absolute Gasteiger partial charge is 0.329 e. The minimum Gasteiger partial charge on any atom is -0.329 e. The number of benzene rings is 2. The average molecular weight is 399 g/mol. The van der Waals surface area contributed by atoms with E-state index in [1.165, 1.54) is 0 Å². The number of carbonyl (C=O) groups excluding carboxylic acids is 1. The van der Waals surface area contributed by atoms with Crippen LogP contribution in [0.3, 0.4) is 0 Å². The predicted octanol–water partition coefficient (Wildman–Crippen LogP) is 3.27. The van der Waals surface area contributed by atoms with Crippen LogP contribution in [0, 0.1) is 25.2 Å². The van der Waals surface area contributed by atoms with E-state index in [0.717, 1.165) is 34.7 Å². The molecule has 0 N–H and O–H groups in total. The molecule has 2 aromatic carbocycles. The topological polar surface area (TPSA) is 65.2 Å². The van der Waals surface area contributed by atoms with Gasteiger partial charge in [0.05, 0.1) is 24.7 Å². The number of amides is 1. The van der Waals surface area contributed by atoms with E-state index in [-0.39, 0.29) is 5.91 Å². The number of hydrogen-bond donors (Lipinski definition) is 0. The molecule has 1 amide bonds. The van der Waals surface area contributed by atoms with Gasteiger partial charge < -0.3 is 9.47 Å². The molecular formula is C24H25N5O. The molecular weight excluding hydrogens is 374 g/mol. The number of hydrogen-bond acceptors (Lipinski definition) is 4. The Kier molecular flexibility index (Phi) is 5.64. The van der Waals surface area contributed by atoms with Gasteiger partial charge in [-0.05, 0) is 48.7 Å². The van der Waals surface area contributed by atoms with Crippen molar-refractivity contribution in [2.24, 2.45) is 0 Å². The lowest BCUT2D eigenvalue weighted by molar-refractivity contribution is -0.121. The molecule has 0 radical (unpaired) electrons. The first-order valence-corrected chi connectivity index (χ1v) is 10.1. The fourth-order valence-corrected chi connectivity index (χ4v) is 3.84. The maximum absolute atomic E-state index is 12.9. The number of imidazole rings is 1. The van der Waals surface area contributed by atoms with Crippen LogP contribution >= 0.6 is 0 Å². The summed E-state index contributed by atoms with van der Waals surface area (Å²) in [5.74, 6) is 1.06. The monoisotopic (exact) mass is 399 g/mol. The van der Waals surface area contributed by atoms with Gasteiger partial charge in [0.2, 0.25) is 5.91 Å². The molecule has 1 aliphatic heterocycles. The van der Waals surface area contributed by atoms with Crippen molar-refractivity contribution < 1.29 is 4.79 Å². The van der Waals surface area contributed by atoms with Gasteiger partial charge >= 0.3 is 0 Å². The highest BCUT2D eigenvalue weighted by molar-refractivity contribution is 5.96. The quantitative estimate of drug-likeness (QED) is 0.661. The van der Waals surface area contributed by atoms with Crippen molar-refractivity contribution in [1.29, 1.82) is 5.26 Å². The molecule has 2 heterocycles. The summed E-state index contributed by atoms with van der Waals surface area (Å²) < 4.78 is 2.10. The van der Waals surface area contributed by atoms with Gasteiger partial charge in [-0.1, -0.05) is 24.3 Å². The van der Waals surface area contributed by atoms with Crippen molar-refractivity contribution in [3.63, 3.8) is 0 Å². The number of rotatable bonds is 5. The number of piperazine rings is 1. The molecule has 1 aromatic heterocycles. The lowest BCUT2D eigenvalue weighted by Crippen LogP contribution is -2.50. The second-order valence-corrected chi connectivity index (χ2v) is 7.83. The molecule has 0 saturated carbocycles. The van der Waals surface area contributed by atoms with Gasteiger partial charge in [-0.15, -0.1) is 0 Å². The number of nitriles is 1. The smallest absolute Gasteiger partial charge is 0.241 e. The third kappa shape index (κ3) is 4.27. The lowest BCUT2D eigenvalue weighted by Gasteiger charge is -2.35. The van der Waals surface area contributed by atoms with E-state index in [9.17, 15) is 4.79 Å². The van der Waals surface area contributed by atoms with Gasteiger partial charge in [0, 0.05) is 37.7 Å². The van der Waals surface area contributed by atoms with E-state index in [1.807, 2.05) is 42.3 Å². The Labute approximate surface area is 177 Å². The summed E-state index contributed by atoms with van der Waals surface area (Å²) in [6.07, 6.45) is 3.76. The van der Waals surface area contributed by atoms with Crippen LogP contribution in [0.25, 0.3) is 0 Å². The molecule has 1 fully saturated rings. The van der Waals surface area contributed by atoms with E-state index in [4.69, 9.17) is 5.26 Å². The van der Waals surface area contributed by atoms with Crippen LogP contribution in [0.1, 0.15) is 28.1 Å². The second kappa shape index (κ2) is 8.52. The maximum atomic E-state index is 12.9. The van der Waals surface area contributed by atoms with Crippen LogP contribution in [0.5, 0.6) is 0 Å². The molecule has 0 atom stereocenters. The van der Waals surface area contributed by atoms with Gasteiger partial charge in [-0.2, -0.15) is 5.26 Å². The summed E-state index contributed by atoms with van der Waals surface area (Å²) in [5.41, 5.74) is 5.08. The molecule has 6 heteroatoms. The Morgan fingerprint density at radius 2 is 1.87 bits per heavy atom. The Morgan fingerprint density at radius 3 is 2.60 bits per heavy atom. The average Bonchev–Trinajstić information content (AvgIpc) is 3.17. The van der Waals surface area contributed by atoms with Gasteiger partial charge in [-0.3, -0.25) is 9.69 Å². The van der Waals surface area contributed by atoms with Crippen molar-refractivity contribution >= 4 is 11.6 Å². The number of carbonyl (C=O) groups is 1. The third-order valence-electron chi connectivity index (χ3n) is 5.56. The zero-order chi connectivity index (χ0) is 21.1. The van der Waals surface area contributed by atoms with Crippen LogP contribution in [0.2, 0.25) is 0 Å². The molecule has 0 bridgehead atoms. The highest BCUT2D eigenvalue weighted by atomic mass is 16.2. The lowest BCUT2D eigenvalue weighted by atomic mass is 10.1. The van der Waals surface area contributed by atoms with E-state index in [0.29, 0.717) is 31.7 Å². The van der Waals surface area contributed by atoms with E-state index >= 15 is 0 Å². The number of aryl methyl sites for hydroxylation is 2. The van der Waals surface area contributed by atoms with Crippen LogP contribution in [-0.4, -0.2) is 40.0 Å². The van der Waals surface area contributed by atoms with Crippen molar-refractivity contribution in [3.8, 4) is 6.07 Å². The van der Waals surface area contributed by atoms with Gasteiger partial charge in [0.1, 0.15) is 5.82 Å². The molecule has 1 saturated heterocycles. The summed E-state index contributed by atoms with van der Waals surface area (Å²) in [5, 5.41) is 8.95. The molecule has 0 aliphatic carbocycles. The molecule has 152 valence electrons. The normalized spacial score (nSPS) is 14.7. The highest BCUT2D eigenvalue weighted by Crippen LogP contribution is 2.24. The first kappa shape index (κ1) is 19.9. The Balaban J connectivity index is 1.42. The summed E-state index contributed by atoms with van der Waals surface area (Å²) in [6.45, 7) is 7.30. The zero-order valence-electron chi connectivity index (χ0n) is 17.4. The SMILES string of the molecule is Cc1ccc(C)c(N2CCN(Cc3nccn3Cc3ccc(C#N)cc3)CC2=O)c1. The Bertz CT molecular complexity index is 1090. The van der Waals surface area contributed by atoms with Crippen LogP contribution < -0.4 is 4.90 Å². The summed E-state index contributed by atoms with van der Waals surface area (Å²) in [7, 11) is 0. The molecule has 0 spiro atoms. The Morgan fingerprint density at radius 1 is 1.07 bits per heavy atom. The van der Waals surface area contributed by atoms with Crippen LogP contribution in [0.15, 0.2) is 54.9 Å². The summed E-state index contributed by atoms with van der Waals surface area (Å²) >= 11 is 0. The van der Waals surface area contributed by atoms with E-state index < -0.39 is 0 Å².